The third-order valence-electron chi connectivity index (χ3n) is 4.08. The molecule has 106 valence electrons. The number of nitrogens with zero attached hydrogens (tertiary/aromatic N) is 2. The van der Waals surface area contributed by atoms with Crippen LogP contribution in [0.15, 0.2) is 0 Å². The molecule has 5 nitrogen and oxygen atoms in total. The summed E-state index contributed by atoms with van der Waals surface area (Å²) in [7, 11) is 4.21. The van der Waals surface area contributed by atoms with Crippen LogP contribution in [-0.4, -0.2) is 65.7 Å². The molecule has 1 fully saturated rings. The lowest BCUT2D eigenvalue weighted by atomic mass is 9.93. The van der Waals surface area contributed by atoms with Crippen molar-refractivity contribution < 1.29 is 9.90 Å². The second kappa shape index (κ2) is 5.99. The molecule has 0 saturated carbocycles. The molecule has 3 N–H and O–H groups in total. The number of carboxylic acids is 1. The highest BCUT2D eigenvalue weighted by Gasteiger charge is 2.33. The first-order valence-corrected chi connectivity index (χ1v) is 6.67. The van der Waals surface area contributed by atoms with E-state index in [0.717, 1.165) is 13.1 Å². The minimum atomic E-state index is -1.14. The minimum absolute atomic E-state index is 0.174. The van der Waals surface area contributed by atoms with Crippen molar-refractivity contribution in [2.75, 3.05) is 27.2 Å². The number of hydrogen-bond donors (Lipinski definition) is 2. The average molecular weight is 257 g/mol. The zero-order valence-corrected chi connectivity index (χ0v) is 12.0. The molecule has 0 bridgehead atoms. The van der Waals surface area contributed by atoms with Crippen LogP contribution in [0.1, 0.15) is 33.1 Å². The fourth-order valence-electron chi connectivity index (χ4n) is 2.68. The molecule has 5 heteroatoms. The summed E-state index contributed by atoms with van der Waals surface area (Å²) in [6.45, 7) is 5.85. The van der Waals surface area contributed by atoms with E-state index in [2.05, 4.69) is 30.8 Å². The lowest BCUT2D eigenvalue weighted by molar-refractivity contribution is -0.143. The molecule has 0 aromatic heterocycles. The van der Waals surface area contributed by atoms with Crippen LogP contribution < -0.4 is 5.73 Å². The maximum absolute atomic E-state index is 11.1. The van der Waals surface area contributed by atoms with Crippen molar-refractivity contribution in [1.82, 2.24) is 9.80 Å². The lowest BCUT2D eigenvalue weighted by Gasteiger charge is -2.40. The normalized spacial score (nSPS) is 26.9. The van der Waals surface area contributed by atoms with Crippen molar-refractivity contribution in [1.29, 1.82) is 0 Å². The zero-order valence-electron chi connectivity index (χ0n) is 12.0. The van der Waals surface area contributed by atoms with Gasteiger partial charge in [0.15, 0.2) is 0 Å². The lowest BCUT2D eigenvalue weighted by Crippen LogP contribution is -2.53. The Balaban J connectivity index is 2.55. The Hall–Kier alpha value is -0.650. The Morgan fingerprint density at radius 2 is 2.28 bits per heavy atom. The highest BCUT2D eigenvalue weighted by atomic mass is 16.4. The summed E-state index contributed by atoms with van der Waals surface area (Å²) in [5.74, 6) is -0.927. The number of likely N-dealkylation sites (N-methyl/N-ethyl adjacent to an activating group) is 2. The largest absolute Gasteiger partial charge is 0.480 e. The number of carbonyl (C=O) groups is 1. The van der Waals surface area contributed by atoms with Gasteiger partial charge in [0.2, 0.25) is 0 Å². The smallest absolute Gasteiger partial charge is 0.323 e. The Morgan fingerprint density at radius 1 is 1.67 bits per heavy atom. The van der Waals surface area contributed by atoms with Gasteiger partial charge >= 0.3 is 5.97 Å². The number of nitrogens with two attached hydrogens (primary N) is 1. The molecule has 0 aromatic rings. The number of likely N-dealkylation sites (tertiary alicyclic amines) is 1. The fraction of sp³-hybridized carbons (Fsp3) is 0.923. The number of aliphatic carboxylic acids is 1. The Morgan fingerprint density at radius 3 is 2.78 bits per heavy atom. The molecule has 1 aliphatic rings. The molecule has 0 amide bonds. The van der Waals surface area contributed by atoms with Crippen LogP contribution in [0.2, 0.25) is 0 Å². The van der Waals surface area contributed by atoms with Gasteiger partial charge < -0.3 is 15.7 Å². The quantitative estimate of drug-likeness (QED) is 0.754. The van der Waals surface area contributed by atoms with E-state index in [1.54, 1.807) is 6.92 Å². The van der Waals surface area contributed by atoms with Crippen LogP contribution >= 0.6 is 0 Å². The molecule has 3 unspecified atom stereocenters. The van der Waals surface area contributed by atoms with Gasteiger partial charge in [0.25, 0.3) is 0 Å². The Kier molecular flexibility index (Phi) is 5.13. The maximum atomic E-state index is 11.1. The molecule has 1 rings (SSSR count). The second-order valence-corrected chi connectivity index (χ2v) is 6.00. The summed E-state index contributed by atoms with van der Waals surface area (Å²) >= 11 is 0. The summed E-state index contributed by atoms with van der Waals surface area (Å²) in [6, 6.07) is 0.677. The molecule has 3 atom stereocenters. The second-order valence-electron chi connectivity index (χ2n) is 6.00. The molecule has 1 aliphatic heterocycles. The van der Waals surface area contributed by atoms with Crippen LogP contribution in [0.4, 0.5) is 0 Å². The summed E-state index contributed by atoms with van der Waals surface area (Å²) in [6.07, 6.45) is 2.86. The van der Waals surface area contributed by atoms with Gasteiger partial charge in [0.05, 0.1) is 0 Å². The van der Waals surface area contributed by atoms with Crippen LogP contribution in [0.5, 0.6) is 0 Å². The van der Waals surface area contributed by atoms with Crippen LogP contribution in [0, 0.1) is 0 Å². The molecule has 1 saturated heterocycles. The van der Waals surface area contributed by atoms with Crippen LogP contribution in [0.25, 0.3) is 0 Å². The molecule has 0 spiro atoms. The molecule has 18 heavy (non-hydrogen) atoms. The Bertz CT molecular complexity index is 294. The van der Waals surface area contributed by atoms with Gasteiger partial charge in [-0.1, -0.05) is 0 Å². The van der Waals surface area contributed by atoms with E-state index >= 15 is 0 Å². The molecular formula is C13H27N3O2. The SMILES string of the molecule is CC(CC(C)(N)C(=O)O)N(C)C1CCCN(C)C1. The maximum Gasteiger partial charge on any atom is 0.323 e. The third kappa shape index (κ3) is 3.93. The standard InChI is InChI=1S/C13H27N3O2/c1-10(8-13(2,14)12(17)18)16(4)11-6-5-7-15(3)9-11/h10-11H,5-9,14H2,1-4H3,(H,17,18). The third-order valence-corrected chi connectivity index (χ3v) is 4.08. The van der Waals surface area contributed by atoms with Gasteiger partial charge in [-0.05, 0) is 53.8 Å². The van der Waals surface area contributed by atoms with Crippen molar-refractivity contribution in [3.63, 3.8) is 0 Å². The highest BCUT2D eigenvalue weighted by molar-refractivity contribution is 5.77. The van der Waals surface area contributed by atoms with E-state index < -0.39 is 11.5 Å². The van der Waals surface area contributed by atoms with Crippen molar-refractivity contribution >= 4 is 5.97 Å². The monoisotopic (exact) mass is 257 g/mol. The van der Waals surface area contributed by atoms with E-state index in [-0.39, 0.29) is 6.04 Å². The summed E-state index contributed by atoms with van der Waals surface area (Å²) < 4.78 is 0. The van der Waals surface area contributed by atoms with Gasteiger partial charge in [0.1, 0.15) is 5.54 Å². The van der Waals surface area contributed by atoms with E-state index in [1.807, 2.05) is 0 Å². The predicted molar refractivity (Wildman–Crippen MR) is 72.6 cm³/mol. The topological polar surface area (TPSA) is 69.8 Å². The molecule has 0 aromatic carbocycles. The minimum Gasteiger partial charge on any atom is -0.480 e. The van der Waals surface area contributed by atoms with Crippen molar-refractivity contribution in [2.24, 2.45) is 5.73 Å². The number of piperidine rings is 1. The average Bonchev–Trinajstić information content (AvgIpc) is 2.27. The van der Waals surface area contributed by atoms with Gasteiger partial charge in [-0.2, -0.15) is 0 Å². The first kappa shape index (κ1) is 15.4. The first-order valence-electron chi connectivity index (χ1n) is 6.67. The Labute approximate surface area is 110 Å². The summed E-state index contributed by atoms with van der Waals surface area (Å²) in [5, 5.41) is 9.07. The molecular weight excluding hydrogens is 230 g/mol. The van der Waals surface area contributed by atoms with E-state index in [4.69, 9.17) is 10.8 Å². The van der Waals surface area contributed by atoms with E-state index in [0.29, 0.717) is 12.5 Å². The summed E-state index contributed by atoms with van der Waals surface area (Å²) in [4.78, 5) is 15.7. The number of hydrogen-bond acceptors (Lipinski definition) is 4. The first-order chi connectivity index (χ1) is 8.24. The molecule has 0 radical (unpaired) electrons. The number of carboxylic acid groups (broad SMARTS) is 1. The predicted octanol–water partition coefficient (Wildman–Crippen LogP) is 0.593. The molecule has 1 heterocycles. The summed E-state index contributed by atoms with van der Waals surface area (Å²) in [5.41, 5.74) is 4.67. The highest BCUT2D eigenvalue weighted by Crippen LogP contribution is 2.20. The van der Waals surface area contributed by atoms with E-state index in [1.165, 1.54) is 12.8 Å². The van der Waals surface area contributed by atoms with Crippen molar-refractivity contribution in [3.8, 4) is 0 Å². The van der Waals surface area contributed by atoms with Crippen LogP contribution in [-0.2, 0) is 4.79 Å². The van der Waals surface area contributed by atoms with Gasteiger partial charge in [-0.15, -0.1) is 0 Å². The van der Waals surface area contributed by atoms with Crippen molar-refractivity contribution in [2.45, 2.75) is 50.7 Å². The van der Waals surface area contributed by atoms with Gasteiger partial charge in [-0.25, -0.2) is 0 Å². The van der Waals surface area contributed by atoms with Crippen molar-refractivity contribution in [3.05, 3.63) is 0 Å². The van der Waals surface area contributed by atoms with Gasteiger partial charge in [-0.3, -0.25) is 9.69 Å². The van der Waals surface area contributed by atoms with E-state index in [9.17, 15) is 4.79 Å². The zero-order chi connectivity index (χ0) is 13.9. The number of rotatable bonds is 5. The molecule has 0 aliphatic carbocycles. The van der Waals surface area contributed by atoms with Crippen LogP contribution in [0.3, 0.4) is 0 Å². The van der Waals surface area contributed by atoms with Gasteiger partial charge in [0, 0.05) is 18.6 Å². The fourth-order valence-corrected chi connectivity index (χ4v) is 2.68.